The van der Waals surface area contributed by atoms with Crippen LogP contribution in [-0.2, 0) is 10.3 Å². The van der Waals surface area contributed by atoms with Crippen molar-refractivity contribution in [1.29, 1.82) is 0 Å². The number of carbonyl (C=O) groups excluding carboxylic acids is 1. The van der Waals surface area contributed by atoms with E-state index in [4.69, 9.17) is 4.42 Å². The molecule has 0 N–H and O–H groups in total. The van der Waals surface area contributed by atoms with E-state index in [9.17, 15) is 4.79 Å². The molecule has 1 aromatic carbocycles. The molecule has 0 amide bonds. The Morgan fingerprint density at radius 1 is 1.50 bits per heavy atom. The average Bonchev–Trinajstić information content (AvgIpc) is 2.93. The number of aryl methyl sites for hydroxylation is 1. The van der Waals surface area contributed by atoms with Crippen LogP contribution in [0.3, 0.4) is 0 Å². The molecule has 1 aliphatic carbocycles. The maximum atomic E-state index is 10.4. The van der Waals surface area contributed by atoms with E-state index in [1.807, 2.05) is 25.1 Å². The van der Waals surface area contributed by atoms with E-state index in [2.05, 4.69) is 9.98 Å². The van der Waals surface area contributed by atoms with E-state index in [1.54, 1.807) is 6.08 Å². The molecule has 1 aliphatic rings. The molecule has 0 unspecified atom stereocenters. The normalized spacial score (nSPS) is 17.1. The van der Waals surface area contributed by atoms with Gasteiger partial charge in [-0.15, -0.1) is 0 Å². The fourth-order valence-electron chi connectivity index (χ4n) is 2.00. The van der Waals surface area contributed by atoms with Crippen molar-refractivity contribution in [2.75, 3.05) is 0 Å². The third-order valence-corrected chi connectivity index (χ3v) is 3.02. The van der Waals surface area contributed by atoms with Gasteiger partial charge in [-0.2, -0.15) is 4.99 Å². The van der Waals surface area contributed by atoms with Crippen LogP contribution < -0.4 is 0 Å². The molecule has 16 heavy (non-hydrogen) atoms. The summed E-state index contributed by atoms with van der Waals surface area (Å²) in [5, 5.41) is 0. The second kappa shape index (κ2) is 3.03. The molecule has 4 heteroatoms. The molecule has 3 rings (SSSR count). The van der Waals surface area contributed by atoms with Crippen LogP contribution in [0.25, 0.3) is 11.1 Å². The van der Waals surface area contributed by atoms with E-state index in [-0.39, 0.29) is 5.54 Å². The third kappa shape index (κ3) is 1.27. The van der Waals surface area contributed by atoms with Crippen molar-refractivity contribution in [3.05, 3.63) is 29.7 Å². The summed E-state index contributed by atoms with van der Waals surface area (Å²) in [6.45, 7) is 1.82. The largest absolute Gasteiger partial charge is 0.441 e. The number of hydrogen-bond donors (Lipinski definition) is 0. The summed E-state index contributed by atoms with van der Waals surface area (Å²) >= 11 is 0. The summed E-state index contributed by atoms with van der Waals surface area (Å²) < 4.78 is 5.40. The zero-order chi connectivity index (χ0) is 11.2. The fourth-order valence-corrected chi connectivity index (χ4v) is 2.00. The topological polar surface area (TPSA) is 55.5 Å². The Morgan fingerprint density at radius 3 is 3.00 bits per heavy atom. The van der Waals surface area contributed by atoms with Crippen molar-refractivity contribution in [2.45, 2.75) is 25.3 Å². The molecule has 0 atom stereocenters. The van der Waals surface area contributed by atoms with Crippen LogP contribution in [0.2, 0.25) is 0 Å². The van der Waals surface area contributed by atoms with Crippen LogP contribution in [0.1, 0.15) is 24.3 Å². The Hall–Kier alpha value is -1.93. The highest BCUT2D eigenvalue weighted by Crippen LogP contribution is 2.49. The first-order valence-electron chi connectivity index (χ1n) is 5.20. The van der Waals surface area contributed by atoms with Gasteiger partial charge in [0.05, 0.1) is 5.54 Å². The molecule has 1 heterocycles. The van der Waals surface area contributed by atoms with Gasteiger partial charge in [0.2, 0.25) is 6.08 Å². The lowest BCUT2D eigenvalue weighted by Gasteiger charge is -2.06. The molecule has 0 spiro atoms. The van der Waals surface area contributed by atoms with Crippen molar-refractivity contribution in [3.8, 4) is 0 Å². The van der Waals surface area contributed by atoms with Gasteiger partial charge in [0.25, 0.3) is 0 Å². The van der Waals surface area contributed by atoms with Crippen LogP contribution in [0.15, 0.2) is 27.6 Å². The molecule has 0 bridgehead atoms. The highest BCUT2D eigenvalue weighted by molar-refractivity contribution is 5.74. The Balaban J connectivity index is 2.15. The lowest BCUT2D eigenvalue weighted by Crippen LogP contribution is -2.01. The number of hydrogen-bond acceptors (Lipinski definition) is 4. The minimum absolute atomic E-state index is 0.331. The minimum Gasteiger partial charge on any atom is -0.441 e. The van der Waals surface area contributed by atoms with Crippen LogP contribution in [0.5, 0.6) is 0 Å². The predicted octanol–water partition coefficient (Wildman–Crippen LogP) is 2.46. The molecule has 4 nitrogen and oxygen atoms in total. The number of rotatable bonds is 2. The van der Waals surface area contributed by atoms with Crippen LogP contribution in [-0.4, -0.2) is 11.1 Å². The molecule has 0 radical (unpaired) electrons. The molecule has 0 saturated heterocycles. The van der Waals surface area contributed by atoms with Crippen molar-refractivity contribution in [1.82, 2.24) is 4.98 Å². The van der Waals surface area contributed by atoms with Gasteiger partial charge in [-0.3, -0.25) is 0 Å². The van der Waals surface area contributed by atoms with Crippen molar-refractivity contribution < 1.29 is 9.21 Å². The fraction of sp³-hybridized carbons (Fsp3) is 0.333. The third-order valence-electron chi connectivity index (χ3n) is 3.02. The summed E-state index contributed by atoms with van der Waals surface area (Å²) in [6, 6.07) is 5.77. The van der Waals surface area contributed by atoms with Gasteiger partial charge in [0.1, 0.15) is 5.52 Å². The van der Waals surface area contributed by atoms with Crippen molar-refractivity contribution in [3.63, 3.8) is 0 Å². The molecule has 80 valence electrons. The quantitative estimate of drug-likeness (QED) is 0.570. The number of aliphatic imine (C=N–C) groups is 1. The first-order valence-corrected chi connectivity index (χ1v) is 5.20. The Morgan fingerprint density at radius 2 is 2.31 bits per heavy atom. The maximum Gasteiger partial charge on any atom is 0.235 e. The molecule has 2 aromatic rings. The van der Waals surface area contributed by atoms with E-state index in [0.717, 1.165) is 29.5 Å². The molecular weight excluding hydrogens is 204 g/mol. The summed E-state index contributed by atoms with van der Waals surface area (Å²) in [4.78, 5) is 18.5. The summed E-state index contributed by atoms with van der Waals surface area (Å²) in [5.74, 6) is 0.649. The van der Waals surface area contributed by atoms with Crippen molar-refractivity contribution in [2.24, 2.45) is 4.99 Å². The molecule has 1 fully saturated rings. The van der Waals surface area contributed by atoms with Gasteiger partial charge in [-0.1, -0.05) is 6.07 Å². The number of fused-ring (bicyclic) bond motifs is 1. The van der Waals surface area contributed by atoms with Gasteiger partial charge >= 0.3 is 0 Å². The molecule has 0 aliphatic heterocycles. The standard InChI is InChI=1S/C12H10N2O2/c1-8-14-10-6-9(2-3-11(10)16-8)12(4-5-12)13-7-15/h2-3,6H,4-5H2,1H3. The Kier molecular flexibility index (Phi) is 1.76. The first-order chi connectivity index (χ1) is 7.73. The van der Waals surface area contributed by atoms with Gasteiger partial charge in [-0.25, -0.2) is 9.78 Å². The predicted molar refractivity (Wildman–Crippen MR) is 57.8 cm³/mol. The van der Waals surface area contributed by atoms with E-state index in [1.165, 1.54) is 0 Å². The van der Waals surface area contributed by atoms with Crippen molar-refractivity contribution >= 4 is 17.2 Å². The van der Waals surface area contributed by atoms with Gasteiger partial charge in [0, 0.05) is 6.92 Å². The zero-order valence-corrected chi connectivity index (χ0v) is 8.86. The summed E-state index contributed by atoms with van der Waals surface area (Å²) in [5.41, 5.74) is 2.29. The number of isocyanates is 1. The van der Waals surface area contributed by atoms with Gasteiger partial charge < -0.3 is 4.42 Å². The summed E-state index contributed by atoms with van der Waals surface area (Å²) in [6.07, 6.45) is 3.47. The summed E-state index contributed by atoms with van der Waals surface area (Å²) in [7, 11) is 0. The smallest absolute Gasteiger partial charge is 0.235 e. The first kappa shape index (κ1) is 9.31. The van der Waals surface area contributed by atoms with E-state index in [0.29, 0.717) is 5.89 Å². The van der Waals surface area contributed by atoms with E-state index < -0.39 is 0 Å². The number of aromatic nitrogens is 1. The maximum absolute atomic E-state index is 10.4. The lowest BCUT2D eigenvalue weighted by molar-refractivity contribution is 0.556. The minimum atomic E-state index is -0.331. The van der Waals surface area contributed by atoms with Crippen LogP contribution in [0, 0.1) is 6.92 Å². The second-order valence-electron chi connectivity index (χ2n) is 4.15. The molecular formula is C12H10N2O2. The zero-order valence-electron chi connectivity index (χ0n) is 8.86. The Labute approximate surface area is 92.0 Å². The SMILES string of the molecule is Cc1nc2cc(C3(N=C=O)CC3)ccc2o1. The second-order valence-corrected chi connectivity index (χ2v) is 4.15. The lowest BCUT2D eigenvalue weighted by atomic mass is 10.1. The highest BCUT2D eigenvalue weighted by atomic mass is 16.3. The van der Waals surface area contributed by atoms with Crippen LogP contribution in [0.4, 0.5) is 0 Å². The number of oxazole rings is 1. The average molecular weight is 214 g/mol. The monoisotopic (exact) mass is 214 g/mol. The van der Waals surface area contributed by atoms with E-state index >= 15 is 0 Å². The molecule has 1 aromatic heterocycles. The number of nitrogens with zero attached hydrogens (tertiary/aromatic N) is 2. The van der Waals surface area contributed by atoms with Crippen LogP contribution >= 0.6 is 0 Å². The number of benzene rings is 1. The van der Waals surface area contributed by atoms with Gasteiger partial charge in [0.15, 0.2) is 11.5 Å². The Bertz CT molecular complexity index is 605. The van der Waals surface area contributed by atoms with Gasteiger partial charge in [-0.05, 0) is 30.5 Å². The highest BCUT2D eigenvalue weighted by Gasteiger charge is 2.45. The molecule has 1 saturated carbocycles.